The number of halogens is 9. The number of nitro benzene ring substituents is 1. The fourth-order valence-corrected chi connectivity index (χ4v) is 22.7. The van der Waals surface area contributed by atoms with Crippen molar-refractivity contribution < 1.29 is 86.1 Å². The SMILES string of the molecule is CC(C)[OH+]c1ccc(NC(=O)C(F)(F)F)cc1[CH]=[Ru]([Cl])[Cl].CC(C)[OH+]c1ccc(S(=O)(=O)N(C)C)cc1[CH]=[Ru]([Cl])[Cl].CC(C)[OH+]c1ccc([N+](=O)[O-])cc1[CH]=[Ru]([Cl])[Cl].Cc1cc(C)c(N2[CH-]N(c3c(C)cc(C)cc3C)CC2)c(C)c1.Cc1cc(C)c(N2[CH-]N(c3c(C)cc(C)cc3C)CC2)c(C)c1.Cc1cc(C)c(N2[CH-]N(c3c(C)cc(C)cc3C)CC2)c(C)c1. The van der Waals surface area contributed by atoms with Gasteiger partial charge < -0.3 is 29.4 Å². The standard InChI is InChI=1S/3C21H27N2.C12H12F3NO2.C12H17NO3S.C10H11NO3.6ClH.3Ru/c3*1-14-9-16(3)20(17(4)10-14)22-7-8-23(13-22)21-18(5)11-15(2)12-19(21)6;1-7(2)18-10-5-4-9(6-8(10)3)16-11(17)12(13,14)15;1-9(2)16-12-7-6-11(8-10(12)3)17(14,15)13(4)5;1-7(2)14-10-5-4-9(11(12)13)6-8(10)3;;;;;;;;;/h3*9-13H,7-8H2,1-6H3;3-7H,1-2H3,(H,16,17);3,6-9H,1-2,4-5H3;3-7H,1-2H3;6*1H;;;/q3*-1;;;;;;;;;;3*+2/p-3. The largest absolute Gasteiger partial charge is 0.502 e. The molecule has 0 bridgehead atoms. The molecule has 127 heavy (non-hydrogen) atoms. The Morgan fingerprint density at radius 3 is 0.858 bits per heavy atom. The van der Waals surface area contributed by atoms with Gasteiger partial charge in [-0.3, -0.25) is 0 Å². The Balaban J connectivity index is 0.000000210. The fraction of sp³-hybridized carbons (Fsp3) is 0.371. The zero-order valence-corrected chi connectivity index (χ0v) is 88.0. The molecule has 9 aromatic rings. The van der Waals surface area contributed by atoms with Crippen LogP contribution in [-0.2, 0) is 55.4 Å². The average Bonchev–Trinajstić information content (AvgIpc) is 1.68. The Hall–Kier alpha value is -7.03. The maximum atomic E-state index is 12.2. The van der Waals surface area contributed by atoms with Crippen LogP contribution in [0, 0.1) is 155 Å². The number of nitrogens with one attached hydrogen (secondary N) is 1. The number of aryl methyl sites for hydroxylation is 18. The van der Waals surface area contributed by atoms with Gasteiger partial charge in [0.1, 0.15) is 0 Å². The van der Waals surface area contributed by atoms with Crippen molar-refractivity contribution in [2.75, 3.05) is 88.1 Å². The number of sulfonamides is 1. The predicted molar refractivity (Wildman–Crippen MR) is 523 cm³/mol. The van der Waals surface area contributed by atoms with Crippen LogP contribution < -0.4 is 34.7 Å². The molecule has 12 rings (SSSR count). The van der Waals surface area contributed by atoms with E-state index < -0.39 is 67.6 Å². The van der Waals surface area contributed by atoms with Gasteiger partial charge in [-0.05, 0) is 191 Å². The van der Waals surface area contributed by atoms with Crippen LogP contribution in [0.5, 0.6) is 17.2 Å². The number of ether oxygens (including phenoxy) is 3. The Labute approximate surface area is 791 Å². The summed E-state index contributed by atoms with van der Waals surface area (Å²) in [5.41, 5.74) is 34.3. The number of nitro groups is 1. The van der Waals surface area contributed by atoms with Crippen LogP contribution >= 0.6 is 58.1 Å². The maximum absolute atomic E-state index is 12.2. The number of carbonyl (C=O) groups excluding carboxylic acids is 1. The molecular weight excluding hydrogens is 2020 g/mol. The molecule has 0 aromatic heterocycles. The van der Waals surface area contributed by atoms with Crippen molar-refractivity contribution in [2.45, 2.75) is 196 Å². The molecule has 0 radical (unpaired) electrons. The smallest absolute Gasteiger partial charge is 0.0146 e. The van der Waals surface area contributed by atoms with Gasteiger partial charge in [0.25, 0.3) is 0 Å². The number of aromatic hydroxyl groups is 3. The molecule has 3 saturated heterocycles. The Kier molecular flexibility index (Phi) is 40.3. The van der Waals surface area contributed by atoms with Crippen molar-refractivity contribution in [3.8, 4) is 17.2 Å². The quantitative estimate of drug-likeness (QED) is 0.0204. The van der Waals surface area contributed by atoms with Crippen molar-refractivity contribution in [3.63, 3.8) is 0 Å². The number of hydrogen-bond donors (Lipinski definition) is 1. The van der Waals surface area contributed by atoms with E-state index in [1.54, 1.807) is 43.4 Å². The Morgan fingerprint density at radius 2 is 0.638 bits per heavy atom. The summed E-state index contributed by atoms with van der Waals surface area (Å²) < 4.78 is 80.2. The van der Waals surface area contributed by atoms with Crippen molar-refractivity contribution in [3.05, 3.63) is 274 Å². The van der Waals surface area contributed by atoms with Crippen molar-refractivity contribution in [1.29, 1.82) is 0 Å². The molecule has 3 aliphatic rings. The van der Waals surface area contributed by atoms with Crippen LogP contribution in [0.4, 0.5) is 58.7 Å². The van der Waals surface area contributed by atoms with Gasteiger partial charge in [0.2, 0.25) is 0 Å². The summed E-state index contributed by atoms with van der Waals surface area (Å²) in [6, 6.07) is 40.9. The molecule has 0 unspecified atom stereocenters. The van der Waals surface area contributed by atoms with Gasteiger partial charge in [0.15, 0.2) is 0 Å². The van der Waals surface area contributed by atoms with Crippen molar-refractivity contribution in [2.24, 2.45) is 0 Å². The number of non-ortho nitro benzene ring substituents is 1. The second-order valence-corrected chi connectivity index (χ2v) is 52.6. The number of benzene rings is 9. The summed E-state index contributed by atoms with van der Waals surface area (Å²) in [5.74, 6) is -0.0776. The first-order valence-corrected chi connectivity index (χ1v) is 59.2. The third-order valence-electron chi connectivity index (χ3n) is 20.4. The first-order valence-electron chi connectivity index (χ1n) is 41.3. The minimum absolute atomic E-state index is 0.000864. The monoisotopic (exact) mass is 2150 g/mol. The van der Waals surface area contributed by atoms with E-state index in [0.29, 0.717) is 33.9 Å². The predicted octanol–water partition coefficient (Wildman–Crippen LogP) is 24.8. The van der Waals surface area contributed by atoms with Gasteiger partial charge in [-0.15, -0.1) is 0 Å². The maximum Gasteiger partial charge on any atom is 0.0146 e. The molecular formula is C97H124Cl6F3N9O8Ru3S. The van der Waals surface area contributed by atoms with Crippen LogP contribution in [0.2, 0.25) is 0 Å². The van der Waals surface area contributed by atoms with Gasteiger partial charge >= 0.3 is 379 Å². The third kappa shape index (κ3) is 31.0. The van der Waals surface area contributed by atoms with Crippen LogP contribution in [0.25, 0.3) is 0 Å². The summed E-state index contributed by atoms with van der Waals surface area (Å²) in [6.45, 7) is 64.2. The van der Waals surface area contributed by atoms with Crippen LogP contribution in [0.1, 0.15) is 158 Å². The summed E-state index contributed by atoms with van der Waals surface area (Å²) in [4.78, 5) is 35.8. The molecule has 1 amide bonds. The number of carbonyl (C=O) groups is 1. The van der Waals surface area contributed by atoms with Crippen LogP contribution in [-0.4, -0.2) is 129 Å². The Morgan fingerprint density at radius 1 is 0.409 bits per heavy atom. The van der Waals surface area contributed by atoms with Crippen LogP contribution in [0.15, 0.2) is 132 Å². The first kappa shape index (κ1) is 107. The van der Waals surface area contributed by atoms with E-state index >= 15 is 0 Å². The summed E-state index contributed by atoms with van der Waals surface area (Å²) in [6.07, 6.45) is -4.74. The van der Waals surface area contributed by atoms with Gasteiger partial charge in [0, 0.05) is 73.4 Å². The molecule has 3 aliphatic heterocycles. The Bertz CT molecular complexity index is 5010. The number of alkyl halides is 3. The second kappa shape index (κ2) is 47.9. The molecule has 4 N–H and O–H groups in total. The number of anilines is 7. The van der Waals surface area contributed by atoms with E-state index in [1.165, 1.54) is 183 Å². The molecule has 0 saturated carbocycles. The van der Waals surface area contributed by atoms with Gasteiger partial charge in [-0.1, -0.05) is 106 Å². The van der Waals surface area contributed by atoms with E-state index in [-0.39, 0.29) is 34.6 Å². The number of hydrogen-bond acceptors (Lipinski definition) is 11. The fourth-order valence-electron chi connectivity index (χ4n) is 16.3. The normalized spacial score (nSPS) is 13.5. The van der Waals surface area contributed by atoms with E-state index in [2.05, 4.69) is 261 Å². The number of aliphatic hydroxyl groups is 3. The number of amides is 1. The molecule has 9 aromatic carbocycles. The van der Waals surface area contributed by atoms with E-state index in [1.807, 2.05) is 41.5 Å². The van der Waals surface area contributed by atoms with Gasteiger partial charge in [-0.2, -0.15) is 20.0 Å². The zero-order valence-electron chi connectivity index (χ0n) is 77.4. The minimum atomic E-state index is -4.94. The molecule has 698 valence electrons. The van der Waals surface area contributed by atoms with E-state index in [0.717, 1.165) is 39.3 Å². The third-order valence-corrected chi connectivity index (χ3v) is 27.7. The molecule has 3 heterocycles. The molecule has 0 atom stereocenters. The topological polar surface area (TPSA) is 167 Å². The van der Waals surface area contributed by atoms with E-state index in [4.69, 9.17) is 58.1 Å². The van der Waals surface area contributed by atoms with Gasteiger partial charge in [0.05, 0.1) is 0 Å². The summed E-state index contributed by atoms with van der Waals surface area (Å²) in [7, 11) is 34.5. The number of nitrogens with zero attached hydrogens (tertiary/aromatic N) is 8. The molecule has 17 nitrogen and oxygen atoms in total. The van der Waals surface area contributed by atoms with Crippen LogP contribution in [0.3, 0.4) is 0 Å². The van der Waals surface area contributed by atoms with Gasteiger partial charge in [-0.25, -0.2) is 0 Å². The molecule has 0 aliphatic carbocycles. The minimum Gasteiger partial charge on any atom is -0.502 e. The molecule has 30 heteroatoms. The van der Waals surface area contributed by atoms with E-state index in [9.17, 15) is 36.5 Å². The second-order valence-electron chi connectivity index (χ2n) is 33.3. The number of rotatable bonds is 19. The summed E-state index contributed by atoms with van der Waals surface area (Å²) >= 11 is -6.26. The van der Waals surface area contributed by atoms with Crippen molar-refractivity contribution in [1.82, 2.24) is 4.31 Å². The average molecular weight is 2150 g/mol. The van der Waals surface area contributed by atoms with Crippen molar-refractivity contribution >= 4 is 133 Å². The zero-order chi connectivity index (χ0) is 94.9. The summed E-state index contributed by atoms with van der Waals surface area (Å²) in [5, 5.41) is 12.5. The molecule has 0 spiro atoms. The first-order chi connectivity index (χ1) is 59.2. The molecule has 3 fully saturated rings.